The number of aryl methyl sites for hydroxylation is 1. The topological polar surface area (TPSA) is 82.8 Å². The van der Waals surface area contributed by atoms with Crippen LogP contribution in [0.15, 0.2) is 77.3 Å². The quantitative estimate of drug-likeness (QED) is 0.218. The Morgan fingerprint density at radius 2 is 1.50 bits per heavy atom. The van der Waals surface area contributed by atoms with Crippen LogP contribution in [0.2, 0.25) is 0 Å². The molecule has 0 spiro atoms. The standard InChI is InChI=1S/C35H36F3N5O3/c1-24-7-9-25(10-8-24)22-31(45)42-19-17-41(18-20-42)30-12-11-26(23-39-30)21-29(44)32-33(35(36,37)38)40-34(46-32)43-15-13-28(14-16-43)27-5-3-2-4-6-27/h2-12,23,28H,13-22H2,1H3. The molecule has 0 bridgehead atoms. The summed E-state index contributed by atoms with van der Waals surface area (Å²) in [5.74, 6) is -0.514. The van der Waals surface area contributed by atoms with Gasteiger partial charge < -0.3 is 19.1 Å². The van der Waals surface area contributed by atoms with Crippen LogP contribution >= 0.6 is 0 Å². The monoisotopic (exact) mass is 631 g/mol. The third-order valence-electron chi connectivity index (χ3n) is 8.78. The van der Waals surface area contributed by atoms with Crippen LogP contribution in [-0.2, 0) is 23.8 Å². The van der Waals surface area contributed by atoms with E-state index in [2.05, 4.69) is 22.1 Å². The molecule has 0 radical (unpaired) electrons. The molecule has 0 aliphatic carbocycles. The highest BCUT2D eigenvalue weighted by molar-refractivity contribution is 5.96. The van der Waals surface area contributed by atoms with Crippen molar-refractivity contribution in [1.82, 2.24) is 14.9 Å². The number of anilines is 2. The van der Waals surface area contributed by atoms with Gasteiger partial charge in [-0.15, -0.1) is 0 Å². The van der Waals surface area contributed by atoms with E-state index in [-0.39, 0.29) is 18.3 Å². The second-order valence-electron chi connectivity index (χ2n) is 12.0. The zero-order valence-electron chi connectivity index (χ0n) is 25.7. The third-order valence-corrected chi connectivity index (χ3v) is 8.78. The first-order chi connectivity index (χ1) is 22.1. The molecule has 240 valence electrons. The fraction of sp³-hybridized carbons (Fsp3) is 0.371. The number of pyridine rings is 1. The van der Waals surface area contributed by atoms with Gasteiger partial charge in [0.2, 0.25) is 17.5 Å². The number of nitrogens with zero attached hydrogens (tertiary/aromatic N) is 5. The summed E-state index contributed by atoms with van der Waals surface area (Å²) < 4.78 is 47.3. The Labute approximate surface area is 265 Å². The van der Waals surface area contributed by atoms with E-state index in [1.165, 1.54) is 11.8 Å². The minimum atomic E-state index is -4.83. The number of aromatic nitrogens is 2. The van der Waals surface area contributed by atoms with Crippen molar-refractivity contribution < 1.29 is 27.2 Å². The first-order valence-electron chi connectivity index (χ1n) is 15.6. The molecule has 0 N–H and O–H groups in total. The van der Waals surface area contributed by atoms with E-state index in [4.69, 9.17) is 4.42 Å². The van der Waals surface area contributed by atoms with Gasteiger partial charge in [0, 0.05) is 51.9 Å². The van der Waals surface area contributed by atoms with Crippen molar-refractivity contribution in [1.29, 1.82) is 0 Å². The highest BCUT2D eigenvalue weighted by atomic mass is 19.4. The van der Waals surface area contributed by atoms with Crippen LogP contribution in [0.25, 0.3) is 0 Å². The molecule has 2 aliphatic rings. The molecule has 4 aromatic rings. The van der Waals surface area contributed by atoms with Crippen molar-refractivity contribution in [2.45, 2.75) is 44.7 Å². The number of hydrogen-bond donors (Lipinski definition) is 0. The Kier molecular flexibility index (Phi) is 9.10. The van der Waals surface area contributed by atoms with Gasteiger partial charge in [0.25, 0.3) is 6.01 Å². The third kappa shape index (κ3) is 7.24. The number of benzene rings is 2. The maximum Gasteiger partial charge on any atom is 0.437 e. The fourth-order valence-electron chi connectivity index (χ4n) is 6.11. The summed E-state index contributed by atoms with van der Waals surface area (Å²) in [5, 5.41) is 0. The number of oxazole rings is 1. The van der Waals surface area contributed by atoms with E-state index >= 15 is 0 Å². The lowest BCUT2D eigenvalue weighted by molar-refractivity contribution is -0.141. The Balaban J connectivity index is 1.05. The number of ketones is 1. The number of piperidine rings is 1. The molecule has 0 atom stereocenters. The zero-order valence-corrected chi connectivity index (χ0v) is 25.7. The van der Waals surface area contributed by atoms with Gasteiger partial charge in [-0.1, -0.05) is 66.2 Å². The van der Waals surface area contributed by atoms with Crippen molar-refractivity contribution >= 4 is 23.5 Å². The van der Waals surface area contributed by atoms with Crippen LogP contribution < -0.4 is 9.80 Å². The fourth-order valence-corrected chi connectivity index (χ4v) is 6.11. The molecule has 2 saturated heterocycles. The van der Waals surface area contributed by atoms with E-state index in [1.807, 2.05) is 59.2 Å². The molecule has 2 aromatic heterocycles. The van der Waals surface area contributed by atoms with Gasteiger partial charge in [0.15, 0.2) is 5.69 Å². The molecule has 46 heavy (non-hydrogen) atoms. The van der Waals surface area contributed by atoms with Gasteiger partial charge in [0.05, 0.1) is 6.42 Å². The Morgan fingerprint density at radius 1 is 0.826 bits per heavy atom. The lowest BCUT2D eigenvalue weighted by Gasteiger charge is -2.35. The average molecular weight is 632 g/mol. The largest absolute Gasteiger partial charge is 0.437 e. The number of alkyl halides is 3. The van der Waals surface area contributed by atoms with Crippen molar-refractivity contribution in [3.8, 4) is 0 Å². The highest BCUT2D eigenvalue weighted by Gasteiger charge is 2.42. The molecule has 0 saturated carbocycles. The van der Waals surface area contributed by atoms with Crippen molar-refractivity contribution in [3.05, 3.63) is 107 Å². The molecule has 11 heteroatoms. The molecule has 1 amide bonds. The minimum Gasteiger partial charge on any atom is -0.420 e. The minimum absolute atomic E-state index is 0.0794. The molecule has 2 aliphatic heterocycles. The molecule has 8 nitrogen and oxygen atoms in total. The maximum absolute atomic E-state index is 13.9. The van der Waals surface area contributed by atoms with Gasteiger partial charge in [-0.2, -0.15) is 18.2 Å². The maximum atomic E-state index is 13.9. The number of carbonyl (C=O) groups excluding carboxylic acids is 2. The predicted molar refractivity (Wildman–Crippen MR) is 168 cm³/mol. The number of rotatable bonds is 8. The van der Waals surface area contributed by atoms with Crippen LogP contribution in [0.3, 0.4) is 0 Å². The Bertz CT molecular complexity index is 1640. The highest BCUT2D eigenvalue weighted by Crippen LogP contribution is 2.36. The second kappa shape index (κ2) is 13.4. The lowest BCUT2D eigenvalue weighted by Crippen LogP contribution is -2.49. The summed E-state index contributed by atoms with van der Waals surface area (Å²) in [7, 11) is 0. The summed E-state index contributed by atoms with van der Waals surface area (Å²) in [6.45, 7) is 5.29. The van der Waals surface area contributed by atoms with Crippen molar-refractivity contribution in [3.63, 3.8) is 0 Å². The summed E-state index contributed by atoms with van der Waals surface area (Å²) >= 11 is 0. The van der Waals surface area contributed by atoms with E-state index in [1.54, 1.807) is 17.0 Å². The van der Waals surface area contributed by atoms with Crippen LogP contribution in [0, 0.1) is 6.92 Å². The van der Waals surface area contributed by atoms with E-state index in [9.17, 15) is 22.8 Å². The summed E-state index contributed by atoms with van der Waals surface area (Å²) in [5.41, 5.74) is 2.51. The van der Waals surface area contributed by atoms with Crippen molar-refractivity contribution in [2.24, 2.45) is 0 Å². The smallest absolute Gasteiger partial charge is 0.420 e. The molecule has 4 heterocycles. The number of halogens is 3. The second-order valence-corrected chi connectivity index (χ2v) is 12.0. The molecule has 6 rings (SSSR count). The first kappa shape index (κ1) is 31.3. The summed E-state index contributed by atoms with van der Waals surface area (Å²) in [4.78, 5) is 39.7. The van der Waals surface area contributed by atoms with E-state index in [0.29, 0.717) is 63.0 Å². The molecule has 2 fully saturated rings. The number of Topliss-reactive ketones (excluding diaryl/α,β-unsaturated/α-hetero) is 1. The van der Waals surface area contributed by atoms with E-state index in [0.717, 1.165) is 24.0 Å². The van der Waals surface area contributed by atoms with Crippen LogP contribution in [0.5, 0.6) is 0 Å². The SMILES string of the molecule is Cc1ccc(CC(=O)N2CCN(c3ccc(CC(=O)c4oc(N5CCC(c6ccccc6)CC5)nc4C(F)(F)F)cn3)CC2)cc1. The van der Waals surface area contributed by atoms with Gasteiger partial charge in [-0.3, -0.25) is 9.59 Å². The molecule has 0 unspecified atom stereocenters. The van der Waals surface area contributed by atoms with Gasteiger partial charge in [-0.25, -0.2) is 4.98 Å². The van der Waals surface area contributed by atoms with Gasteiger partial charge >= 0.3 is 6.18 Å². The van der Waals surface area contributed by atoms with E-state index < -0.39 is 23.4 Å². The molecular weight excluding hydrogens is 595 g/mol. The molecular formula is C35H36F3N5O3. The lowest BCUT2D eigenvalue weighted by atomic mass is 9.90. The van der Waals surface area contributed by atoms with Crippen LogP contribution in [0.1, 0.15) is 57.3 Å². The van der Waals surface area contributed by atoms with Crippen LogP contribution in [-0.4, -0.2) is 65.8 Å². The van der Waals surface area contributed by atoms with Crippen molar-refractivity contribution in [2.75, 3.05) is 49.1 Å². The number of piperazine rings is 1. The molecule has 2 aromatic carbocycles. The average Bonchev–Trinajstić information content (AvgIpc) is 3.54. The first-order valence-corrected chi connectivity index (χ1v) is 15.6. The number of amides is 1. The van der Waals surface area contributed by atoms with Gasteiger partial charge in [-0.05, 0) is 48.4 Å². The van der Waals surface area contributed by atoms with Crippen LogP contribution in [0.4, 0.5) is 25.0 Å². The predicted octanol–water partition coefficient (Wildman–Crippen LogP) is 6.10. The number of hydrogen-bond acceptors (Lipinski definition) is 7. The Hall–Kier alpha value is -4.67. The number of carbonyl (C=O) groups is 2. The Morgan fingerprint density at radius 3 is 2.13 bits per heavy atom. The van der Waals surface area contributed by atoms with Gasteiger partial charge in [0.1, 0.15) is 5.82 Å². The summed E-state index contributed by atoms with van der Waals surface area (Å²) in [6.07, 6.45) is -1.79. The summed E-state index contributed by atoms with van der Waals surface area (Å²) in [6, 6.07) is 21.2. The normalized spacial score (nSPS) is 16.1. The zero-order chi connectivity index (χ0) is 32.3.